The van der Waals surface area contributed by atoms with Crippen molar-refractivity contribution in [3.05, 3.63) is 70.7 Å². The molecule has 1 heterocycles. The van der Waals surface area contributed by atoms with Crippen LogP contribution in [0.5, 0.6) is 0 Å². The standard InChI is InChI=1S/C32H40ClN3O7/c33-25-13-7-10-23(18-25)21-43-32(41)35-27(19-22-8-3-1-4-9-22)30(38)34-26(31(39)40)14-15-29(37)36-16-17-42-28(20-36)24-11-5-2-6-12-24/h2,5-7,10-13,18,22,26-28H,1,3-4,8-9,14-17,19-21H2,(H,34,38)(H,35,41)(H,39,40). The fourth-order valence-electron chi connectivity index (χ4n) is 5.65. The Bertz CT molecular complexity index is 1240. The molecule has 3 N–H and O–H groups in total. The Labute approximate surface area is 257 Å². The number of aliphatic carboxylic acids is 1. The largest absolute Gasteiger partial charge is 0.480 e. The molecule has 1 saturated heterocycles. The summed E-state index contributed by atoms with van der Waals surface area (Å²) in [5.41, 5.74) is 1.67. The summed E-state index contributed by atoms with van der Waals surface area (Å²) in [6.07, 6.45) is 4.30. The van der Waals surface area contributed by atoms with Crippen molar-refractivity contribution in [1.82, 2.24) is 15.5 Å². The van der Waals surface area contributed by atoms with Crippen molar-refractivity contribution in [3.63, 3.8) is 0 Å². The number of rotatable bonds is 12. The van der Waals surface area contributed by atoms with E-state index in [-0.39, 0.29) is 37.4 Å². The van der Waals surface area contributed by atoms with E-state index in [2.05, 4.69) is 10.6 Å². The predicted octanol–water partition coefficient (Wildman–Crippen LogP) is 4.85. The van der Waals surface area contributed by atoms with Gasteiger partial charge in [-0.2, -0.15) is 0 Å². The van der Waals surface area contributed by atoms with E-state index >= 15 is 0 Å². The van der Waals surface area contributed by atoms with Gasteiger partial charge < -0.3 is 30.1 Å². The van der Waals surface area contributed by atoms with Gasteiger partial charge in [-0.05, 0) is 42.0 Å². The number of carbonyl (C=O) groups excluding carboxylic acids is 3. The van der Waals surface area contributed by atoms with Crippen molar-refractivity contribution in [2.75, 3.05) is 19.7 Å². The molecular formula is C32H40ClN3O7. The fraction of sp³-hybridized carbons (Fsp3) is 0.500. The van der Waals surface area contributed by atoms with Crippen LogP contribution >= 0.6 is 11.6 Å². The van der Waals surface area contributed by atoms with Gasteiger partial charge >= 0.3 is 12.1 Å². The van der Waals surface area contributed by atoms with Crippen LogP contribution in [0.2, 0.25) is 5.02 Å². The molecule has 10 nitrogen and oxygen atoms in total. The van der Waals surface area contributed by atoms with Crippen LogP contribution in [0.4, 0.5) is 4.79 Å². The van der Waals surface area contributed by atoms with Crippen molar-refractivity contribution < 1.29 is 33.8 Å². The van der Waals surface area contributed by atoms with E-state index in [4.69, 9.17) is 21.1 Å². The van der Waals surface area contributed by atoms with Gasteiger partial charge in [0.25, 0.3) is 0 Å². The molecule has 4 rings (SSSR count). The number of halogens is 1. The summed E-state index contributed by atoms with van der Waals surface area (Å²) >= 11 is 6.00. The normalized spacial score (nSPS) is 18.7. The molecule has 2 aromatic rings. The van der Waals surface area contributed by atoms with Crippen LogP contribution in [0.3, 0.4) is 0 Å². The number of ether oxygens (including phenoxy) is 2. The summed E-state index contributed by atoms with van der Waals surface area (Å²) in [5.74, 6) is -1.83. The van der Waals surface area contributed by atoms with Gasteiger partial charge in [0.15, 0.2) is 0 Å². The molecule has 0 radical (unpaired) electrons. The Hall–Kier alpha value is -3.63. The second kappa shape index (κ2) is 16.3. The third-order valence-electron chi connectivity index (χ3n) is 8.01. The van der Waals surface area contributed by atoms with Crippen molar-refractivity contribution in [3.8, 4) is 0 Å². The van der Waals surface area contributed by atoms with Crippen LogP contribution < -0.4 is 10.6 Å². The van der Waals surface area contributed by atoms with Crippen molar-refractivity contribution in [2.24, 2.45) is 5.92 Å². The van der Waals surface area contributed by atoms with Crippen LogP contribution in [0.25, 0.3) is 0 Å². The molecular weight excluding hydrogens is 574 g/mol. The van der Waals surface area contributed by atoms with Gasteiger partial charge in [0.05, 0.1) is 13.2 Å². The first-order chi connectivity index (χ1) is 20.8. The molecule has 2 aliphatic rings. The number of carboxylic acids is 1. The maximum atomic E-state index is 13.4. The van der Waals surface area contributed by atoms with E-state index in [1.807, 2.05) is 30.3 Å². The van der Waals surface area contributed by atoms with E-state index in [0.29, 0.717) is 36.7 Å². The van der Waals surface area contributed by atoms with Gasteiger partial charge in [-0.15, -0.1) is 0 Å². The van der Waals surface area contributed by atoms with Crippen molar-refractivity contribution in [1.29, 1.82) is 0 Å². The minimum atomic E-state index is -1.29. The highest BCUT2D eigenvalue weighted by Gasteiger charge is 2.31. The molecule has 1 aliphatic heterocycles. The predicted molar refractivity (Wildman–Crippen MR) is 160 cm³/mol. The summed E-state index contributed by atoms with van der Waals surface area (Å²) in [7, 11) is 0. The molecule has 3 unspecified atom stereocenters. The van der Waals surface area contributed by atoms with Crippen molar-refractivity contribution in [2.45, 2.75) is 76.2 Å². The van der Waals surface area contributed by atoms with E-state index in [0.717, 1.165) is 37.7 Å². The molecule has 43 heavy (non-hydrogen) atoms. The SMILES string of the molecule is O=C(NC(CC1CCCCC1)C(=O)NC(CCC(=O)N1CCOC(c2ccccc2)C1)C(=O)O)OCc1cccc(Cl)c1. The zero-order valence-corrected chi connectivity index (χ0v) is 25.0. The van der Waals surface area contributed by atoms with Crippen LogP contribution in [-0.4, -0.2) is 65.7 Å². The minimum Gasteiger partial charge on any atom is -0.480 e. The molecule has 3 amide bonds. The van der Waals surface area contributed by atoms with E-state index in [9.17, 15) is 24.3 Å². The molecule has 3 atom stereocenters. The van der Waals surface area contributed by atoms with Crippen LogP contribution in [0, 0.1) is 5.92 Å². The molecule has 0 spiro atoms. The van der Waals surface area contributed by atoms with E-state index < -0.39 is 30.1 Å². The van der Waals surface area contributed by atoms with E-state index in [1.165, 1.54) is 0 Å². The van der Waals surface area contributed by atoms with Gasteiger partial charge in [-0.3, -0.25) is 9.59 Å². The van der Waals surface area contributed by atoms with Gasteiger partial charge in [0.1, 0.15) is 24.8 Å². The lowest BCUT2D eigenvalue weighted by molar-refractivity contribution is -0.143. The number of carboxylic acid groups (broad SMARTS) is 1. The molecule has 1 saturated carbocycles. The third kappa shape index (κ3) is 10.2. The topological polar surface area (TPSA) is 134 Å². The zero-order chi connectivity index (χ0) is 30.6. The number of alkyl carbamates (subject to hydrolysis) is 1. The Morgan fingerprint density at radius 1 is 1.00 bits per heavy atom. The smallest absolute Gasteiger partial charge is 0.408 e. The average molecular weight is 614 g/mol. The lowest BCUT2D eigenvalue weighted by Gasteiger charge is -2.33. The lowest BCUT2D eigenvalue weighted by atomic mass is 9.84. The quantitative estimate of drug-likeness (QED) is 0.311. The Morgan fingerprint density at radius 2 is 1.77 bits per heavy atom. The molecule has 11 heteroatoms. The first kappa shape index (κ1) is 32.3. The lowest BCUT2D eigenvalue weighted by Crippen LogP contribution is -2.52. The summed E-state index contributed by atoms with van der Waals surface area (Å²) in [5, 5.41) is 15.6. The number of nitrogens with zero attached hydrogens (tertiary/aromatic N) is 1. The second-order valence-corrected chi connectivity index (χ2v) is 11.6. The number of hydrogen-bond acceptors (Lipinski definition) is 6. The molecule has 232 valence electrons. The molecule has 2 aromatic carbocycles. The van der Waals surface area contributed by atoms with Gasteiger partial charge in [-0.1, -0.05) is 86.2 Å². The number of nitrogens with one attached hydrogen (secondary N) is 2. The van der Waals surface area contributed by atoms with E-state index in [1.54, 1.807) is 29.2 Å². The summed E-state index contributed by atoms with van der Waals surface area (Å²) in [6, 6.07) is 14.3. The summed E-state index contributed by atoms with van der Waals surface area (Å²) in [4.78, 5) is 52.8. The first-order valence-corrected chi connectivity index (χ1v) is 15.3. The maximum Gasteiger partial charge on any atom is 0.408 e. The number of benzene rings is 2. The number of amides is 3. The Morgan fingerprint density at radius 3 is 2.49 bits per heavy atom. The van der Waals surface area contributed by atoms with Gasteiger partial charge in [0.2, 0.25) is 11.8 Å². The summed E-state index contributed by atoms with van der Waals surface area (Å²) < 4.78 is 11.2. The number of carbonyl (C=O) groups is 4. The van der Waals surface area contributed by atoms with Crippen LogP contribution in [0.1, 0.15) is 68.6 Å². The van der Waals surface area contributed by atoms with Gasteiger partial charge in [0, 0.05) is 18.0 Å². The Kier molecular flexibility index (Phi) is 12.2. The van der Waals surface area contributed by atoms with Gasteiger partial charge in [-0.25, -0.2) is 9.59 Å². The van der Waals surface area contributed by atoms with Crippen LogP contribution in [-0.2, 0) is 30.5 Å². The average Bonchev–Trinajstić information content (AvgIpc) is 3.02. The first-order valence-electron chi connectivity index (χ1n) is 14.9. The molecule has 0 aromatic heterocycles. The highest BCUT2D eigenvalue weighted by atomic mass is 35.5. The number of hydrogen-bond donors (Lipinski definition) is 3. The monoisotopic (exact) mass is 613 g/mol. The van der Waals surface area contributed by atoms with Crippen LogP contribution in [0.15, 0.2) is 54.6 Å². The number of morpholine rings is 1. The minimum absolute atomic E-state index is 0.0311. The van der Waals surface area contributed by atoms with Crippen molar-refractivity contribution >= 4 is 35.5 Å². The fourth-order valence-corrected chi connectivity index (χ4v) is 5.86. The highest BCUT2D eigenvalue weighted by molar-refractivity contribution is 6.30. The second-order valence-electron chi connectivity index (χ2n) is 11.2. The molecule has 0 bridgehead atoms. The highest BCUT2D eigenvalue weighted by Crippen LogP contribution is 2.28. The zero-order valence-electron chi connectivity index (χ0n) is 24.2. The maximum absolute atomic E-state index is 13.4. The third-order valence-corrected chi connectivity index (χ3v) is 8.25. The molecule has 2 fully saturated rings. The Balaban J connectivity index is 1.33. The summed E-state index contributed by atoms with van der Waals surface area (Å²) in [6.45, 7) is 1.14. The molecule has 1 aliphatic carbocycles.